The van der Waals surface area contributed by atoms with Gasteiger partial charge in [0.1, 0.15) is 11.0 Å². The molecule has 26 heavy (non-hydrogen) atoms. The van der Waals surface area contributed by atoms with Crippen LogP contribution in [0.2, 0.25) is 5.02 Å². The lowest BCUT2D eigenvalue weighted by atomic mass is 10.2. The third kappa shape index (κ3) is 4.80. The highest BCUT2D eigenvalue weighted by Crippen LogP contribution is 2.22. The second-order valence-corrected chi connectivity index (χ2v) is 6.91. The predicted molar refractivity (Wildman–Crippen MR) is 92.9 cm³/mol. The Bertz CT molecular complexity index is 1010. The number of ether oxygens (including phenoxy) is 1. The normalized spacial score (nSPS) is 10.7. The van der Waals surface area contributed by atoms with Gasteiger partial charge in [0, 0.05) is 0 Å². The van der Waals surface area contributed by atoms with E-state index >= 15 is 0 Å². The Morgan fingerprint density at radius 3 is 2.58 bits per heavy atom. The van der Waals surface area contributed by atoms with Gasteiger partial charge in [0.25, 0.3) is 5.91 Å². The molecule has 0 aliphatic carbocycles. The first-order valence-corrected chi connectivity index (χ1v) is 8.93. The molecule has 0 fully saturated rings. The summed E-state index contributed by atoms with van der Waals surface area (Å²) in [5.74, 6) is -1.60. The van der Waals surface area contributed by atoms with Gasteiger partial charge < -0.3 is 10.1 Å². The summed E-state index contributed by atoms with van der Waals surface area (Å²) in [6.45, 7) is -0.633. The maximum Gasteiger partial charge on any atom is 0.338 e. The lowest BCUT2D eigenvalue weighted by Gasteiger charge is -2.09. The Hall–Kier alpha value is -2.93. The highest BCUT2D eigenvalue weighted by atomic mass is 35.5. The number of nitriles is 1. The largest absolute Gasteiger partial charge is 0.452 e. The molecule has 10 heteroatoms. The Morgan fingerprint density at radius 1 is 1.23 bits per heavy atom. The number of hydrogen-bond acceptors (Lipinski definition) is 6. The van der Waals surface area contributed by atoms with E-state index in [0.29, 0.717) is 0 Å². The fourth-order valence-electron chi connectivity index (χ4n) is 1.94. The second-order valence-electron chi connectivity index (χ2n) is 4.97. The second kappa shape index (κ2) is 7.97. The van der Waals surface area contributed by atoms with Gasteiger partial charge in [0.15, 0.2) is 6.61 Å². The van der Waals surface area contributed by atoms with Crippen LogP contribution in [0.5, 0.6) is 0 Å². The molecule has 134 valence electrons. The van der Waals surface area contributed by atoms with Gasteiger partial charge in [-0.2, -0.15) is 5.26 Å². The first kappa shape index (κ1) is 19.4. The number of primary sulfonamides is 1. The number of benzene rings is 2. The summed E-state index contributed by atoms with van der Waals surface area (Å²) in [6.07, 6.45) is 0. The highest BCUT2D eigenvalue weighted by molar-refractivity contribution is 7.89. The molecule has 0 bridgehead atoms. The number of nitrogens with two attached hydrogens (primary N) is 1. The zero-order valence-corrected chi connectivity index (χ0v) is 14.7. The van der Waals surface area contributed by atoms with Crippen LogP contribution in [0, 0.1) is 11.3 Å². The van der Waals surface area contributed by atoms with Gasteiger partial charge in [-0.15, -0.1) is 0 Å². The molecule has 0 aromatic heterocycles. The van der Waals surface area contributed by atoms with Gasteiger partial charge in [0.2, 0.25) is 10.0 Å². The molecule has 0 radical (unpaired) electrons. The number of hydrogen-bond donors (Lipinski definition) is 2. The number of sulfonamides is 1. The summed E-state index contributed by atoms with van der Waals surface area (Å²) in [5, 5.41) is 16.3. The van der Waals surface area contributed by atoms with Gasteiger partial charge >= 0.3 is 5.97 Å². The maximum absolute atomic E-state index is 12.0. The lowest BCUT2D eigenvalue weighted by molar-refractivity contribution is -0.119. The molecule has 0 unspecified atom stereocenters. The van der Waals surface area contributed by atoms with Crippen molar-refractivity contribution in [3.05, 3.63) is 58.6 Å². The van der Waals surface area contributed by atoms with Crippen molar-refractivity contribution in [3.63, 3.8) is 0 Å². The summed E-state index contributed by atoms with van der Waals surface area (Å²) < 4.78 is 27.6. The molecule has 0 atom stereocenters. The third-order valence-corrected chi connectivity index (χ3v) is 4.52. The molecule has 2 aromatic carbocycles. The molecule has 3 N–H and O–H groups in total. The standard InChI is InChI=1S/C16H12ClN3O5S/c17-12-6-5-10(7-14(12)26(19,23)24)16(22)25-9-15(21)20-13-4-2-1-3-11(13)8-18/h1-7H,9H2,(H,20,21)(H2,19,23,24). The number of carbonyl (C=O) groups is 2. The van der Waals surface area contributed by atoms with Crippen molar-refractivity contribution >= 4 is 39.2 Å². The Morgan fingerprint density at radius 2 is 1.92 bits per heavy atom. The Labute approximate surface area is 154 Å². The minimum atomic E-state index is -4.12. The molecule has 0 saturated heterocycles. The third-order valence-electron chi connectivity index (χ3n) is 3.13. The van der Waals surface area contributed by atoms with Crippen LogP contribution in [0.25, 0.3) is 0 Å². The Balaban J connectivity index is 2.05. The number of anilines is 1. The van der Waals surface area contributed by atoms with Crippen LogP contribution >= 0.6 is 11.6 Å². The van der Waals surface area contributed by atoms with E-state index in [9.17, 15) is 18.0 Å². The van der Waals surface area contributed by atoms with Crippen LogP contribution in [0.15, 0.2) is 47.4 Å². The van der Waals surface area contributed by atoms with Crippen LogP contribution in [0.3, 0.4) is 0 Å². The first-order chi connectivity index (χ1) is 12.2. The topological polar surface area (TPSA) is 139 Å². The minimum Gasteiger partial charge on any atom is -0.452 e. The van der Waals surface area contributed by atoms with Crippen molar-refractivity contribution in [1.82, 2.24) is 0 Å². The fraction of sp³-hybridized carbons (Fsp3) is 0.0625. The number of para-hydroxylation sites is 1. The van der Waals surface area contributed by atoms with Crippen molar-refractivity contribution in [3.8, 4) is 6.07 Å². The van der Waals surface area contributed by atoms with E-state index in [-0.39, 0.29) is 21.8 Å². The van der Waals surface area contributed by atoms with E-state index in [0.717, 1.165) is 6.07 Å². The van der Waals surface area contributed by atoms with Gasteiger partial charge in [-0.1, -0.05) is 23.7 Å². The SMILES string of the molecule is N#Cc1ccccc1NC(=O)COC(=O)c1ccc(Cl)c(S(N)(=O)=O)c1. The first-order valence-electron chi connectivity index (χ1n) is 7.01. The number of nitrogens with zero attached hydrogens (tertiary/aromatic N) is 1. The highest BCUT2D eigenvalue weighted by Gasteiger charge is 2.18. The van der Waals surface area contributed by atoms with Crippen LogP contribution in [0.4, 0.5) is 5.69 Å². The summed E-state index contributed by atoms with van der Waals surface area (Å²) in [6, 6.07) is 11.6. The molecule has 0 spiro atoms. The quantitative estimate of drug-likeness (QED) is 0.740. The van der Waals surface area contributed by atoms with Gasteiger partial charge in [-0.25, -0.2) is 18.4 Å². The van der Waals surface area contributed by atoms with E-state index in [1.54, 1.807) is 12.1 Å². The predicted octanol–water partition coefficient (Wildman–Crippen LogP) is 1.65. The van der Waals surface area contributed by atoms with Crippen LogP contribution in [-0.2, 0) is 19.6 Å². The number of esters is 1. The molecule has 0 aliphatic rings. The summed E-state index contributed by atoms with van der Waals surface area (Å²) in [4.78, 5) is 23.4. The molecular weight excluding hydrogens is 382 g/mol. The molecule has 2 rings (SSSR count). The maximum atomic E-state index is 12.0. The van der Waals surface area contributed by atoms with Gasteiger partial charge in [-0.05, 0) is 30.3 Å². The van der Waals surface area contributed by atoms with E-state index in [1.807, 2.05) is 6.07 Å². The molecule has 0 heterocycles. The summed E-state index contributed by atoms with van der Waals surface area (Å²) >= 11 is 5.73. The average molecular weight is 394 g/mol. The minimum absolute atomic E-state index is 0.136. The number of carbonyl (C=O) groups excluding carboxylic acids is 2. The van der Waals surface area contributed by atoms with Crippen molar-refractivity contribution in [2.24, 2.45) is 5.14 Å². The summed E-state index contributed by atoms with van der Waals surface area (Å²) in [7, 11) is -4.12. The van der Waals surface area contributed by atoms with Crippen molar-refractivity contribution < 1.29 is 22.7 Å². The molecule has 0 aliphatic heterocycles. The number of amides is 1. The van der Waals surface area contributed by atoms with Crippen molar-refractivity contribution in [1.29, 1.82) is 5.26 Å². The lowest BCUT2D eigenvalue weighted by Crippen LogP contribution is -2.21. The summed E-state index contributed by atoms with van der Waals surface area (Å²) in [5.41, 5.74) is 0.394. The van der Waals surface area contributed by atoms with E-state index in [1.165, 1.54) is 24.3 Å². The fourth-order valence-corrected chi connectivity index (χ4v) is 3.01. The zero-order valence-electron chi connectivity index (χ0n) is 13.1. The molecule has 2 aromatic rings. The van der Waals surface area contributed by atoms with E-state index in [2.05, 4.69) is 5.32 Å². The van der Waals surface area contributed by atoms with Crippen molar-refractivity contribution in [2.75, 3.05) is 11.9 Å². The number of halogens is 1. The molecular formula is C16H12ClN3O5S. The van der Waals surface area contributed by atoms with Crippen LogP contribution in [-0.4, -0.2) is 26.9 Å². The molecule has 0 saturated carbocycles. The van der Waals surface area contributed by atoms with Gasteiger partial charge in [-0.3, -0.25) is 4.79 Å². The average Bonchev–Trinajstić information content (AvgIpc) is 2.59. The zero-order chi connectivity index (χ0) is 19.3. The number of rotatable bonds is 5. The van der Waals surface area contributed by atoms with E-state index in [4.69, 9.17) is 26.7 Å². The number of nitrogens with one attached hydrogen (secondary N) is 1. The molecule has 1 amide bonds. The monoisotopic (exact) mass is 393 g/mol. The van der Waals surface area contributed by atoms with Crippen LogP contribution in [0.1, 0.15) is 15.9 Å². The van der Waals surface area contributed by atoms with Crippen LogP contribution < -0.4 is 10.5 Å². The Kier molecular flexibility index (Phi) is 5.94. The van der Waals surface area contributed by atoms with Gasteiger partial charge in [0.05, 0.1) is 21.8 Å². The van der Waals surface area contributed by atoms with E-state index < -0.39 is 33.4 Å². The molecule has 8 nitrogen and oxygen atoms in total. The smallest absolute Gasteiger partial charge is 0.338 e. The van der Waals surface area contributed by atoms with Crippen molar-refractivity contribution in [2.45, 2.75) is 4.90 Å².